The molecule has 2 rings (SSSR count). The first kappa shape index (κ1) is 24.2. The van der Waals surface area contributed by atoms with E-state index in [1.807, 2.05) is 21.0 Å². The van der Waals surface area contributed by atoms with Gasteiger partial charge in [-0.15, -0.1) is 0 Å². The van der Waals surface area contributed by atoms with Crippen molar-refractivity contribution in [1.82, 2.24) is 9.91 Å². The highest BCUT2D eigenvalue weighted by atomic mass is 16.5. The Balaban J connectivity index is 0.000000419. The zero-order valence-electron chi connectivity index (χ0n) is 17.5. The number of nitrogens with two attached hydrogens (primary N) is 3. The average Bonchev–Trinajstić information content (AvgIpc) is 3.09. The number of hydrogen-bond donors (Lipinski definition) is 3. The number of methoxy groups -OCH3 is 1. The van der Waals surface area contributed by atoms with Crippen LogP contribution in [0.4, 0.5) is 0 Å². The predicted molar refractivity (Wildman–Crippen MR) is 108 cm³/mol. The van der Waals surface area contributed by atoms with Crippen LogP contribution in [0.15, 0.2) is 11.9 Å². The van der Waals surface area contributed by atoms with E-state index < -0.39 is 0 Å². The number of allylic oxidation sites excluding steroid dienone is 1. The summed E-state index contributed by atoms with van der Waals surface area (Å²) in [6, 6.07) is 0. The number of nitrogens with zero attached hydrogens (tertiary/aromatic N) is 2. The second-order valence-corrected chi connectivity index (χ2v) is 7.52. The Morgan fingerprint density at radius 3 is 2.16 bits per heavy atom. The lowest BCUT2D eigenvalue weighted by Gasteiger charge is -2.30. The Morgan fingerprint density at radius 1 is 1.24 bits per heavy atom. The molecule has 0 aromatic heterocycles. The summed E-state index contributed by atoms with van der Waals surface area (Å²) in [5.41, 5.74) is 12.4. The summed E-state index contributed by atoms with van der Waals surface area (Å²) in [5.74, 6) is 5.43. The molecule has 2 aliphatic heterocycles. The molecule has 2 aliphatic rings. The zero-order chi connectivity index (χ0) is 19.5. The SMILES string of the molecule is CC.CN(N)/C=C(\N)C(C)(C)CCN.COCC12CCCN1CCC2. The molecule has 0 bridgehead atoms. The normalized spacial score (nSPS) is 19.4. The molecule has 0 unspecified atom stereocenters. The molecule has 6 nitrogen and oxygen atoms in total. The Kier molecular flexibility index (Phi) is 11.3. The van der Waals surface area contributed by atoms with Crippen LogP contribution in [0.5, 0.6) is 0 Å². The maximum atomic E-state index is 5.82. The van der Waals surface area contributed by atoms with E-state index in [1.54, 1.807) is 13.2 Å². The molecule has 0 aromatic carbocycles. The number of fused-ring (bicyclic) bond motifs is 1. The highest BCUT2D eigenvalue weighted by Crippen LogP contribution is 2.38. The molecule has 2 heterocycles. The van der Waals surface area contributed by atoms with E-state index in [2.05, 4.69) is 18.7 Å². The van der Waals surface area contributed by atoms with Crippen LogP contribution in [0.1, 0.15) is 59.8 Å². The fourth-order valence-electron chi connectivity index (χ4n) is 3.63. The van der Waals surface area contributed by atoms with Gasteiger partial charge in [-0.3, -0.25) is 4.90 Å². The van der Waals surface area contributed by atoms with Crippen LogP contribution in [0.3, 0.4) is 0 Å². The van der Waals surface area contributed by atoms with E-state index in [9.17, 15) is 0 Å². The largest absolute Gasteiger partial charge is 0.400 e. The summed E-state index contributed by atoms with van der Waals surface area (Å²) in [7, 11) is 3.56. The van der Waals surface area contributed by atoms with Crippen molar-refractivity contribution in [2.45, 2.75) is 65.3 Å². The van der Waals surface area contributed by atoms with Gasteiger partial charge in [-0.05, 0) is 51.7 Å². The van der Waals surface area contributed by atoms with Gasteiger partial charge in [0.25, 0.3) is 0 Å². The van der Waals surface area contributed by atoms with Crippen LogP contribution in [-0.4, -0.2) is 55.8 Å². The van der Waals surface area contributed by atoms with E-state index in [0.717, 1.165) is 18.7 Å². The van der Waals surface area contributed by atoms with Crippen molar-refractivity contribution in [1.29, 1.82) is 0 Å². The first-order valence-corrected chi connectivity index (χ1v) is 9.67. The fraction of sp³-hybridized carbons (Fsp3) is 0.895. The maximum absolute atomic E-state index is 5.82. The lowest BCUT2D eigenvalue weighted by atomic mass is 9.86. The van der Waals surface area contributed by atoms with Crippen LogP contribution in [0.2, 0.25) is 0 Å². The van der Waals surface area contributed by atoms with Crippen LogP contribution in [-0.2, 0) is 4.74 Å². The van der Waals surface area contributed by atoms with Crippen molar-refractivity contribution in [3.05, 3.63) is 11.9 Å². The Bertz CT molecular complexity index is 372. The van der Waals surface area contributed by atoms with E-state index in [-0.39, 0.29) is 5.41 Å². The molecule has 0 atom stereocenters. The van der Waals surface area contributed by atoms with Gasteiger partial charge >= 0.3 is 0 Å². The molecule has 2 saturated heterocycles. The second-order valence-electron chi connectivity index (χ2n) is 7.52. The van der Waals surface area contributed by atoms with Crippen molar-refractivity contribution in [2.24, 2.45) is 22.7 Å². The number of hydrazine groups is 1. The molecule has 6 heteroatoms. The highest BCUT2D eigenvalue weighted by Gasteiger charge is 2.43. The zero-order valence-corrected chi connectivity index (χ0v) is 17.5. The summed E-state index contributed by atoms with van der Waals surface area (Å²) in [6.45, 7) is 12.3. The van der Waals surface area contributed by atoms with Gasteiger partial charge in [-0.2, -0.15) is 0 Å². The summed E-state index contributed by atoms with van der Waals surface area (Å²) < 4.78 is 5.29. The molecule has 0 radical (unpaired) electrons. The Morgan fingerprint density at radius 2 is 1.76 bits per heavy atom. The minimum Gasteiger partial charge on any atom is -0.400 e. The molecule has 6 N–H and O–H groups in total. The van der Waals surface area contributed by atoms with Crippen molar-refractivity contribution in [2.75, 3.05) is 40.4 Å². The Hall–Kier alpha value is -0.820. The van der Waals surface area contributed by atoms with E-state index in [4.69, 9.17) is 22.0 Å². The first-order chi connectivity index (χ1) is 11.8. The van der Waals surface area contributed by atoms with Crippen molar-refractivity contribution < 1.29 is 4.74 Å². The number of rotatable bonds is 6. The third-order valence-electron chi connectivity index (χ3n) is 5.12. The van der Waals surface area contributed by atoms with Gasteiger partial charge in [0, 0.05) is 37.0 Å². The quantitative estimate of drug-likeness (QED) is 0.499. The minimum absolute atomic E-state index is 0.0671. The maximum Gasteiger partial charge on any atom is 0.0646 e. The lowest BCUT2D eigenvalue weighted by Crippen LogP contribution is -2.42. The molecule has 2 fully saturated rings. The summed E-state index contributed by atoms with van der Waals surface area (Å²) >= 11 is 0. The van der Waals surface area contributed by atoms with Gasteiger partial charge in [-0.25, -0.2) is 5.84 Å². The second kappa shape index (κ2) is 11.7. The molecule has 0 aromatic rings. The van der Waals surface area contributed by atoms with Gasteiger partial charge < -0.3 is 21.2 Å². The highest BCUT2D eigenvalue weighted by molar-refractivity contribution is 5.06. The van der Waals surface area contributed by atoms with Crippen molar-refractivity contribution >= 4 is 0 Å². The molecule has 25 heavy (non-hydrogen) atoms. The van der Waals surface area contributed by atoms with Gasteiger partial charge in [-0.1, -0.05) is 27.7 Å². The molecule has 0 saturated carbocycles. The third-order valence-corrected chi connectivity index (χ3v) is 5.12. The van der Waals surface area contributed by atoms with Crippen LogP contribution in [0.25, 0.3) is 0 Å². The number of ether oxygens (including phenoxy) is 1. The smallest absolute Gasteiger partial charge is 0.0646 e. The molecular weight excluding hydrogens is 314 g/mol. The monoisotopic (exact) mass is 357 g/mol. The third kappa shape index (κ3) is 7.52. The van der Waals surface area contributed by atoms with Crippen molar-refractivity contribution in [3.63, 3.8) is 0 Å². The van der Waals surface area contributed by atoms with Gasteiger partial charge in [0.15, 0.2) is 0 Å². The summed E-state index contributed by atoms with van der Waals surface area (Å²) in [5, 5.41) is 1.45. The predicted octanol–water partition coefficient (Wildman–Crippen LogP) is 2.25. The van der Waals surface area contributed by atoms with Crippen LogP contribution < -0.4 is 17.3 Å². The van der Waals surface area contributed by atoms with Gasteiger partial charge in [0.2, 0.25) is 0 Å². The molecular formula is C19H43N5O. The van der Waals surface area contributed by atoms with Gasteiger partial charge in [0.05, 0.1) is 6.61 Å². The first-order valence-electron chi connectivity index (χ1n) is 9.67. The van der Waals surface area contributed by atoms with Crippen molar-refractivity contribution in [3.8, 4) is 0 Å². The van der Waals surface area contributed by atoms with E-state index in [0.29, 0.717) is 12.1 Å². The summed E-state index contributed by atoms with van der Waals surface area (Å²) in [6.07, 6.45) is 8.06. The van der Waals surface area contributed by atoms with Crippen LogP contribution in [0, 0.1) is 5.41 Å². The minimum atomic E-state index is -0.0671. The molecule has 0 amide bonds. The Labute approximate surface area is 155 Å². The topological polar surface area (TPSA) is 93.8 Å². The van der Waals surface area contributed by atoms with E-state index in [1.165, 1.54) is 43.8 Å². The average molecular weight is 358 g/mol. The molecule has 150 valence electrons. The molecule has 0 spiro atoms. The molecule has 0 aliphatic carbocycles. The van der Waals surface area contributed by atoms with E-state index >= 15 is 0 Å². The standard InChI is InChI=1S/C9H17NO.C8H20N4.C2H6/c1-11-8-9-4-2-6-10(9)7-3-5-9;1-8(2,4-5-9)7(10)6-12(3)11;1-2/h2-8H2,1H3;6H,4-5,9-11H2,1-3H3;1-2H3/b;7-6-;. The van der Waals surface area contributed by atoms with Gasteiger partial charge in [0.1, 0.15) is 0 Å². The summed E-state index contributed by atoms with van der Waals surface area (Å²) in [4.78, 5) is 2.62. The van der Waals surface area contributed by atoms with Crippen LogP contribution >= 0.6 is 0 Å². The fourth-order valence-corrected chi connectivity index (χ4v) is 3.63. The lowest BCUT2D eigenvalue weighted by molar-refractivity contribution is 0.0655. The number of hydrogen-bond acceptors (Lipinski definition) is 6.